The van der Waals surface area contributed by atoms with Crippen molar-refractivity contribution in [2.75, 3.05) is 6.66 Å². The highest BCUT2D eigenvalue weighted by atomic mass is 31.1. The van der Waals surface area contributed by atoms with Crippen LogP contribution >= 0.6 is 8.58 Å². The molecule has 2 atom stereocenters. The van der Waals surface area contributed by atoms with Crippen molar-refractivity contribution < 1.29 is 0 Å². The monoisotopic (exact) mass is 318 g/mol. The second kappa shape index (κ2) is 7.11. The molecule has 3 rings (SSSR count). The number of hydrogen-bond acceptors (Lipinski definition) is 0. The van der Waals surface area contributed by atoms with Crippen molar-refractivity contribution in [1.82, 2.24) is 0 Å². The van der Waals surface area contributed by atoms with Gasteiger partial charge in [0.25, 0.3) is 0 Å². The lowest BCUT2D eigenvalue weighted by molar-refractivity contribution is 0.599. The molecule has 0 aliphatic rings. The minimum atomic E-state index is 0.0177. The molecule has 0 aromatic heterocycles. The molecule has 0 N–H and O–H groups in total. The molecule has 0 bridgehead atoms. The third kappa shape index (κ3) is 2.96. The quantitative estimate of drug-likeness (QED) is 0.503. The average Bonchev–Trinajstić information content (AvgIpc) is 2.65. The lowest BCUT2D eigenvalue weighted by Crippen LogP contribution is -2.29. The van der Waals surface area contributed by atoms with Crippen LogP contribution in [0.1, 0.15) is 29.5 Å². The maximum absolute atomic E-state index is 2.37. The van der Waals surface area contributed by atoms with Gasteiger partial charge in [-0.15, -0.1) is 8.58 Å². The third-order valence-electron chi connectivity index (χ3n) is 4.80. The van der Waals surface area contributed by atoms with Crippen LogP contribution in [-0.4, -0.2) is 6.66 Å². The second-order valence-corrected chi connectivity index (χ2v) is 7.21. The minimum absolute atomic E-state index is 0.0177. The van der Waals surface area contributed by atoms with Crippen LogP contribution in [0.3, 0.4) is 0 Å². The summed E-state index contributed by atoms with van der Waals surface area (Å²) >= 11 is 0. The second-order valence-electron chi connectivity index (χ2n) is 5.92. The fourth-order valence-electron chi connectivity index (χ4n) is 3.57. The maximum atomic E-state index is 2.37. The molecule has 0 saturated heterocycles. The zero-order valence-corrected chi connectivity index (χ0v) is 14.7. The van der Waals surface area contributed by atoms with Crippen LogP contribution in [0, 0.1) is 0 Å². The summed E-state index contributed by atoms with van der Waals surface area (Å²) < 4.78 is 0. The van der Waals surface area contributed by atoms with E-state index in [4.69, 9.17) is 0 Å². The van der Waals surface area contributed by atoms with E-state index in [-0.39, 0.29) is 5.16 Å². The van der Waals surface area contributed by atoms with E-state index >= 15 is 0 Å². The van der Waals surface area contributed by atoms with Gasteiger partial charge in [-0.2, -0.15) is 0 Å². The highest BCUT2D eigenvalue weighted by Gasteiger charge is 2.38. The van der Waals surface area contributed by atoms with Crippen molar-refractivity contribution in [3.8, 4) is 0 Å². The van der Waals surface area contributed by atoms with Gasteiger partial charge in [0.05, 0.1) is 0 Å². The predicted octanol–water partition coefficient (Wildman–Crippen LogP) is 6.04. The molecule has 0 radical (unpaired) electrons. The van der Waals surface area contributed by atoms with Crippen molar-refractivity contribution in [2.45, 2.75) is 18.0 Å². The Hall–Kier alpha value is -1.91. The molecule has 0 spiro atoms. The van der Waals surface area contributed by atoms with Crippen LogP contribution in [0.25, 0.3) is 0 Å². The summed E-state index contributed by atoms with van der Waals surface area (Å²) in [5, 5.41) is 0.0177. The van der Waals surface area contributed by atoms with Crippen molar-refractivity contribution in [2.24, 2.45) is 0 Å². The minimum Gasteiger partial charge on any atom is -0.109 e. The fourth-order valence-corrected chi connectivity index (χ4v) is 5.08. The summed E-state index contributed by atoms with van der Waals surface area (Å²) in [6.45, 7) is 4.70. The zero-order valence-electron chi connectivity index (χ0n) is 13.7. The van der Waals surface area contributed by atoms with Crippen LogP contribution < -0.4 is 0 Å². The fraction of sp³-hybridized carbons (Fsp3) is 0.182. The van der Waals surface area contributed by atoms with E-state index in [1.165, 1.54) is 16.7 Å². The SMILES string of the molecule is CPC(c1ccccc1)(c1ccccc1)C(C)c1ccccc1. The molecule has 0 amide bonds. The van der Waals surface area contributed by atoms with Crippen LogP contribution in [0.5, 0.6) is 0 Å². The third-order valence-corrected chi connectivity index (χ3v) is 6.60. The van der Waals surface area contributed by atoms with Crippen molar-refractivity contribution >= 4 is 8.58 Å². The summed E-state index contributed by atoms with van der Waals surface area (Å²) in [4.78, 5) is 0. The summed E-state index contributed by atoms with van der Waals surface area (Å²) in [5.41, 5.74) is 4.21. The van der Waals surface area contributed by atoms with E-state index in [0.29, 0.717) is 5.92 Å². The van der Waals surface area contributed by atoms with Crippen molar-refractivity contribution in [1.29, 1.82) is 0 Å². The van der Waals surface area contributed by atoms with Crippen LogP contribution in [0.4, 0.5) is 0 Å². The smallest absolute Gasteiger partial charge is 0.0435 e. The summed E-state index contributed by atoms with van der Waals surface area (Å²) in [6, 6.07) is 32.9. The Morgan fingerprint density at radius 3 is 1.43 bits per heavy atom. The predicted molar refractivity (Wildman–Crippen MR) is 103 cm³/mol. The van der Waals surface area contributed by atoms with Gasteiger partial charge in [0.2, 0.25) is 0 Å². The highest BCUT2D eigenvalue weighted by molar-refractivity contribution is 7.39. The first-order valence-electron chi connectivity index (χ1n) is 8.14. The topological polar surface area (TPSA) is 0 Å². The molecule has 3 aromatic rings. The first-order chi connectivity index (χ1) is 11.3. The van der Waals surface area contributed by atoms with Gasteiger partial charge >= 0.3 is 0 Å². The van der Waals surface area contributed by atoms with Gasteiger partial charge in [-0.1, -0.05) is 97.9 Å². The van der Waals surface area contributed by atoms with Crippen LogP contribution in [0.2, 0.25) is 0 Å². The summed E-state index contributed by atoms with van der Waals surface area (Å²) in [7, 11) is 0.780. The first-order valence-corrected chi connectivity index (χ1v) is 9.64. The Morgan fingerprint density at radius 1 is 0.652 bits per heavy atom. The summed E-state index contributed by atoms with van der Waals surface area (Å²) in [5.74, 6) is 0.414. The van der Waals surface area contributed by atoms with Gasteiger partial charge in [0.1, 0.15) is 0 Å². The summed E-state index contributed by atoms with van der Waals surface area (Å²) in [6.07, 6.45) is 0. The van der Waals surface area contributed by atoms with Gasteiger partial charge in [0, 0.05) is 5.16 Å². The maximum Gasteiger partial charge on any atom is 0.0435 e. The van der Waals surface area contributed by atoms with E-state index in [0.717, 1.165) is 8.58 Å². The Bertz CT molecular complexity index is 680. The molecule has 0 nitrogen and oxygen atoms in total. The zero-order chi connectivity index (χ0) is 16.1. The molecule has 0 aliphatic heterocycles. The average molecular weight is 318 g/mol. The van der Waals surface area contributed by atoms with E-state index in [2.05, 4.69) is 105 Å². The van der Waals surface area contributed by atoms with E-state index in [1.54, 1.807) is 0 Å². The van der Waals surface area contributed by atoms with E-state index < -0.39 is 0 Å². The molecule has 23 heavy (non-hydrogen) atoms. The van der Waals surface area contributed by atoms with Gasteiger partial charge < -0.3 is 0 Å². The Kier molecular flexibility index (Phi) is 4.94. The Balaban J connectivity index is 2.21. The number of benzene rings is 3. The van der Waals surface area contributed by atoms with E-state index in [1.807, 2.05) is 0 Å². The molecule has 1 heteroatoms. The molecule has 116 valence electrons. The van der Waals surface area contributed by atoms with Crippen LogP contribution in [-0.2, 0) is 5.16 Å². The lowest BCUT2D eigenvalue weighted by Gasteiger charge is -2.40. The highest BCUT2D eigenvalue weighted by Crippen LogP contribution is 2.54. The molecular formula is C22H23P. The van der Waals surface area contributed by atoms with Crippen LogP contribution in [0.15, 0.2) is 91.0 Å². The van der Waals surface area contributed by atoms with Crippen molar-refractivity contribution in [3.05, 3.63) is 108 Å². The largest absolute Gasteiger partial charge is 0.109 e. The molecule has 0 aliphatic carbocycles. The molecule has 0 fully saturated rings. The normalized spacial score (nSPS) is 13.3. The number of hydrogen-bond donors (Lipinski definition) is 0. The van der Waals surface area contributed by atoms with Gasteiger partial charge in [0.15, 0.2) is 0 Å². The standard InChI is InChI=1S/C22H23P/c1-18(19-12-6-3-7-13-19)22(23-2,20-14-8-4-9-15-20)21-16-10-5-11-17-21/h3-18,23H,1-2H3. The molecule has 0 saturated carbocycles. The first kappa shape index (κ1) is 16.0. The van der Waals surface area contributed by atoms with Crippen molar-refractivity contribution in [3.63, 3.8) is 0 Å². The Morgan fingerprint density at radius 2 is 1.04 bits per heavy atom. The van der Waals surface area contributed by atoms with Gasteiger partial charge in [-0.25, -0.2) is 0 Å². The van der Waals surface area contributed by atoms with E-state index in [9.17, 15) is 0 Å². The Labute approximate surface area is 141 Å². The molecule has 2 unspecified atom stereocenters. The molecule has 0 heterocycles. The van der Waals surface area contributed by atoms with Gasteiger partial charge in [-0.3, -0.25) is 0 Å². The van der Waals surface area contributed by atoms with Gasteiger partial charge in [-0.05, 0) is 29.3 Å². The molecule has 3 aromatic carbocycles. The number of rotatable bonds is 5. The lowest BCUT2D eigenvalue weighted by atomic mass is 9.77. The molecular weight excluding hydrogens is 295 g/mol.